The summed E-state index contributed by atoms with van der Waals surface area (Å²) < 4.78 is 0. The summed E-state index contributed by atoms with van der Waals surface area (Å²) in [5.74, 6) is 0. The minimum absolute atomic E-state index is 0.431. The van der Waals surface area contributed by atoms with Crippen LogP contribution in [0.1, 0.15) is 64.7 Å². The van der Waals surface area contributed by atoms with Gasteiger partial charge in [0, 0.05) is 6.42 Å². The molecule has 1 unspecified atom stereocenters. The van der Waals surface area contributed by atoms with E-state index in [9.17, 15) is 5.11 Å². The predicted octanol–water partition coefficient (Wildman–Crippen LogP) is 3.96. The van der Waals surface area contributed by atoms with Crippen LogP contribution in [0.5, 0.6) is 0 Å². The van der Waals surface area contributed by atoms with Crippen LogP contribution in [0.25, 0.3) is 0 Å². The van der Waals surface area contributed by atoms with E-state index < -0.39 is 6.10 Å². The van der Waals surface area contributed by atoms with E-state index in [0.717, 1.165) is 6.42 Å². The number of rotatable bonds is 10. The quantitative estimate of drug-likeness (QED) is 0.450. The van der Waals surface area contributed by atoms with Crippen LogP contribution >= 0.6 is 0 Å². The molecule has 0 aliphatic rings. The number of unbranched alkanes of at least 4 members (excludes halogenated alkanes) is 6. The summed E-state index contributed by atoms with van der Waals surface area (Å²) in [5.41, 5.74) is 0. The summed E-state index contributed by atoms with van der Waals surface area (Å²) in [6, 6.07) is 2.03. The molecule has 2 heteroatoms. The van der Waals surface area contributed by atoms with E-state index >= 15 is 0 Å². The number of nitriles is 1. The highest BCUT2D eigenvalue weighted by atomic mass is 16.3. The first-order valence-corrected chi connectivity index (χ1v) is 6.53. The molecule has 16 heavy (non-hydrogen) atoms. The second-order valence-electron chi connectivity index (χ2n) is 4.25. The van der Waals surface area contributed by atoms with Gasteiger partial charge in [0.1, 0.15) is 0 Å². The molecule has 0 radical (unpaired) electrons. The van der Waals surface area contributed by atoms with Gasteiger partial charge < -0.3 is 5.11 Å². The average molecular weight is 223 g/mol. The van der Waals surface area contributed by atoms with Gasteiger partial charge in [-0.15, -0.1) is 0 Å². The lowest BCUT2D eigenvalue weighted by Crippen LogP contribution is -2.00. The monoisotopic (exact) mass is 223 g/mol. The molecule has 0 spiro atoms. The van der Waals surface area contributed by atoms with Crippen molar-refractivity contribution < 1.29 is 5.11 Å². The van der Waals surface area contributed by atoms with E-state index in [-0.39, 0.29) is 0 Å². The fourth-order valence-electron chi connectivity index (χ4n) is 1.60. The van der Waals surface area contributed by atoms with Crippen molar-refractivity contribution in [3.05, 3.63) is 12.2 Å². The van der Waals surface area contributed by atoms with Gasteiger partial charge in [0.15, 0.2) is 0 Å². The lowest BCUT2D eigenvalue weighted by Gasteiger charge is -2.01. The van der Waals surface area contributed by atoms with E-state index in [1.807, 2.05) is 18.2 Å². The Labute approximate surface area is 100.0 Å². The second-order valence-corrected chi connectivity index (χ2v) is 4.25. The highest BCUT2D eigenvalue weighted by Crippen LogP contribution is 2.07. The second kappa shape index (κ2) is 12.3. The number of hydrogen-bond donors (Lipinski definition) is 1. The molecule has 0 heterocycles. The van der Waals surface area contributed by atoms with Gasteiger partial charge in [-0.25, -0.2) is 0 Å². The largest absolute Gasteiger partial charge is 0.389 e. The van der Waals surface area contributed by atoms with E-state index in [1.54, 1.807) is 0 Å². The summed E-state index contributed by atoms with van der Waals surface area (Å²) in [5, 5.41) is 17.8. The van der Waals surface area contributed by atoms with Gasteiger partial charge in [-0.05, 0) is 19.3 Å². The lowest BCUT2D eigenvalue weighted by molar-refractivity contribution is 0.214. The summed E-state index contributed by atoms with van der Waals surface area (Å²) in [6.45, 7) is 2.23. The Kier molecular flexibility index (Phi) is 11.6. The Morgan fingerprint density at radius 3 is 2.56 bits per heavy atom. The van der Waals surface area contributed by atoms with Crippen molar-refractivity contribution in [1.82, 2.24) is 0 Å². The maximum Gasteiger partial charge on any atom is 0.0730 e. The molecule has 0 aliphatic carbocycles. The molecule has 0 amide bonds. The Hall–Kier alpha value is -0.810. The molecule has 0 saturated carbocycles. The third-order valence-corrected chi connectivity index (χ3v) is 2.63. The summed E-state index contributed by atoms with van der Waals surface area (Å²) in [7, 11) is 0. The molecule has 1 N–H and O–H groups in total. The van der Waals surface area contributed by atoms with Gasteiger partial charge in [-0.1, -0.05) is 51.2 Å². The van der Waals surface area contributed by atoms with Crippen molar-refractivity contribution in [1.29, 1.82) is 5.26 Å². The summed E-state index contributed by atoms with van der Waals surface area (Å²) in [6.07, 6.45) is 13.3. The maximum absolute atomic E-state index is 9.42. The summed E-state index contributed by atoms with van der Waals surface area (Å²) >= 11 is 0. The number of allylic oxidation sites excluding steroid dienone is 1. The Bertz CT molecular complexity index is 205. The zero-order valence-corrected chi connectivity index (χ0v) is 10.5. The Balaban J connectivity index is 3.23. The van der Waals surface area contributed by atoms with Crippen molar-refractivity contribution in [3.8, 4) is 6.07 Å². The highest BCUT2D eigenvalue weighted by molar-refractivity contribution is 4.89. The molecule has 2 nitrogen and oxygen atoms in total. The maximum atomic E-state index is 9.42. The number of hydrogen-bond acceptors (Lipinski definition) is 2. The molecule has 0 saturated heterocycles. The zero-order chi connectivity index (χ0) is 12.1. The van der Waals surface area contributed by atoms with Crippen LogP contribution in [0.4, 0.5) is 0 Å². The third-order valence-electron chi connectivity index (χ3n) is 2.63. The number of aliphatic hydroxyl groups excluding tert-OH is 1. The number of aliphatic hydroxyl groups is 1. The smallest absolute Gasteiger partial charge is 0.0730 e. The van der Waals surface area contributed by atoms with Crippen molar-refractivity contribution in [3.63, 3.8) is 0 Å². The Morgan fingerprint density at radius 2 is 1.88 bits per heavy atom. The first-order valence-electron chi connectivity index (χ1n) is 6.53. The van der Waals surface area contributed by atoms with Gasteiger partial charge in [-0.2, -0.15) is 5.26 Å². The van der Waals surface area contributed by atoms with Gasteiger partial charge in [0.25, 0.3) is 0 Å². The molecule has 0 aromatic rings. The van der Waals surface area contributed by atoms with Crippen LogP contribution in [0.15, 0.2) is 12.2 Å². The molecular weight excluding hydrogens is 198 g/mol. The van der Waals surface area contributed by atoms with Gasteiger partial charge in [0.2, 0.25) is 0 Å². The molecule has 0 bridgehead atoms. The van der Waals surface area contributed by atoms with Gasteiger partial charge >= 0.3 is 0 Å². The molecule has 0 aromatic carbocycles. The average Bonchev–Trinajstić information content (AvgIpc) is 2.30. The van der Waals surface area contributed by atoms with Crippen molar-refractivity contribution in [2.24, 2.45) is 0 Å². The van der Waals surface area contributed by atoms with Crippen molar-refractivity contribution >= 4 is 0 Å². The fourth-order valence-corrected chi connectivity index (χ4v) is 1.60. The van der Waals surface area contributed by atoms with Crippen LogP contribution in [0, 0.1) is 11.3 Å². The third kappa shape index (κ3) is 11.3. The predicted molar refractivity (Wildman–Crippen MR) is 68.0 cm³/mol. The minimum Gasteiger partial charge on any atom is -0.389 e. The topological polar surface area (TPSA) is 44.0 Å². The Morgan fingerprint density at radius 1 is 1.19 bits per heavy atom. The first kappa shape index (κ1) is 15.2. The first-order chi connectivity index (χ1) is 7.81. The van der Waals surface area contributed by atoms with Crippen LogP contribution in [0.3, 0.4) is 0 Å². The molecule has 0 fully saturated rings. The zero-order valence-electron chi connectivity index (χ0n) is 10.5. The molecule has 0 rings (SSSR count). The number of nitrogens with zero attached hydrogens (tertiary/aromatic N) is 1. The van der Waals surface area contributed by atoms with Crippen LogP contribution < -0.4 is 0 Å². The van der Waals surface area contributed by atoms with Crippen LogP contribution in [0.2, 0.25) is 0 Å². The van der Waals surface area contributed by atoms with Crippen LogP contribution in [-0.4, -0.2) is 11.2 Å². The molecule has 0 aliphatic heterocycles. The van der Waals surface area contributed by atoms with E-state index in [1.165, 1.54) is 38.5 Å². The van der Waals surface area contributed by atoms with Crippen molar-refractivity contribution in [2.75, 3.05) is 0 Å². The minimum atomic E-state index is -0.431. The van der Waals surface area contributed by atoms with E-state index in [0.29, 0.717) is 12.8 Å². The molecule has 1 atom stereocenters. The van der Waals surface area contributed by atoms with Gasteiger partial charge in [0.05, 0.1) is 12.2 Å². The summed E-state index contributed by atoms with van der Waals surface area (Å²) in [4.78, 5) is 0. The molecular formula is C14H25NO. The molecule has 0 aromatic heterocycles. The lowest BCUT2D eigenvalue weighted by atomic mass is 10.1. The normalized spacial score (nSPS) is 12.8. The molecule has 92 valence electrons. The van der Waals surface area contributed by atoms with Gasteiger partial charge in [-0.3, -0.25) is 0 Å². The van der Waals surface area contributed by atoms with Crippen LogP contribution in [-0.2, 0) is 0 Å². The van der Waals surface area contributed by atoms with Crippen molar-refractivity contribution in [2.45, 2.75) is 70.8 Å². The standard InChI is InChI=1S/C14H25NO/c1-2-3-4-5-6-7-8-9-11-14(16)12-10-13-15/h9,11,14,16H,2-8,10,12H2,1H3. The fraction of sp³-hybridized carbons (Fsp3) is 0.786. The van der Waals surface area contributed by atoms with E-state index in [2.05, 4.69) is 6.92 Å². The highest BCUT2D eigenvalue weighted by Gasteiger charge is 1.96. The van der Waals surface area contributed by atoms with E-state index in [4.69, 9.17) is 5.26 Å². The SMILES string of the molecule is CCCCCCCCC=CC(O)CCC#N.